The minimum Gasteiger partial charge on any atom is -0.350 e. The fourth-order valence-electron chi connectivity index (χ4n) is 2.06. The molecular formula is C16H13ClN2O. The number of hydrogen-bond donors (Lipinski definition) is 2. The molecule has 20 heavy (non-hydrogen) atoms. The predicted octanol–water partition coefficient (Wildman–Crippen LogP) is 4.38. The van der Waals surface area contributed by atoms with Crippen molar-refractivity contribution in [3.8, 4) is 0 Å². The van der Waals surface area contributed by atoms with Gasteiger partial charge in [0.1, 0.15) is 5.69 Å². The minimum absolute atomic E-state index is 0.166. The molecule has 100 valence electrons. The third-order valence-electron chi connectivity index (χ3n) is 3.14. The number of aromatic nitrogens is 1. The number of halogens is 1. The lowest BCUT2D eigenvalue weighted by Gasteiger charge is -2.03. The molecule has 0 aliphatic heterocycles. The Morgan fingerprint density at radius 1 is 1.10 bits per heavy atom. The maximum Gasteiger partial charge on any atom is 0.272 e. The number of carbonyl (C=O) groups excluding carboxylic acids is 1. The molecule has 0 aliphatic rings. The number of aromatic amines is 1. The summed E-state index contributed by atoms with van der Waals surface area (Å²) in [5, 5.41) is 4.46. The molecule has 3 nitrogen and oxygen atoms in total. The van der Waals surface area contributed by atoms with E-state index in [-0.39, 0.29) is 5.91 Å². The largest absolute Gasteiger partial charge is 0.350 e. The molecule has 0 saturated heterocycles. The highest BCUT2D eigenvalue weighted by Gasteiger charge is 2.09. The van der Waals surface area contributed by atoms with Gasteiger partial charge in [-0.15, -0.1) is 0 Å². The Kier molecular flexibility index (Phi) is 3.20. The monoisotopic (exact) mass is 284 g/mol. The first-order chi connectivity index (χ1) is 9.61. The molecule has 2 aromatic carbocycles. The van der Waals surface area contributed by atoms with E-state index in [0.29, 0.717) is 10.7 Å². The van der Waals surface area contributed by atoms with Crippen LogP contribution in [0.15, 0.2) is 48.5 Å². The number of hydrogen-bond acceptors (Lipinski definition) is 1. The fourth-order valence-corrected chi connectivity index (χ4v) is 2.23. The molecule has 0 radical (unpaired) electrons. The van der Waals surface area contributed by atoms with Gasteiger partial charge in [-0.3, -0.25) is 4.79 Å². The third-order valence-corrected chi connectivity index (χ3v) is 3.37. The summed E-state index contributed by atoms with van der Waals surface area (Å²) in [6.07, 6.45) is 0. The number of anilines is 1. The molecule has 2 N–H and O–H groups in total. The summed E-state index contributed by atoms with van der Waals surface area (Å²) in [6, 6.07) is 15.0. The van der Waals surface area contributed by atoms with Crippen molar-refractivity contribution in [2.75, 3.05) is 5.32 Å². The number of aryl methyl sites for hydroxylation is 1. The van der Waals surface area contributed by atoms with E-state index in [0.717, 1.165) is 22.2 Å². The fraction of sp³-hybridized carbons (Fsp3) is 0.0625. The topological polar surface area (TPSA) is 44.9 Å². The highest BCUT2D eigenvalue weighted by atomic mass is 35.5. The average Bonchev–Trinajstić information content (AvgIpc) is 2.84. The molecule has 0 bridgehead atoms. The summed E-state index contributed by atoms with van der Waals surface area (Å²) < 4.78 is 0. The molecule has 0 saturated carbocycles. The number of H-pyrrole nitrogens is 1. The average molecular weight is 285 g/mol. The SMILES string of the molecule is Cc1ccc(NC(=O)c2cc3ccc(Cl)cc3[nH]2)cc1. The predicted molar refractivity (Wildman–Crippen MR) is 82.4 cm³/mol. The van der Waals surface area contributed by atoms with Gasteiger partial charge in [-0.1, -0.05) is 35.4 Å². The van der Waals surface area contributed by atoms with Crippen molar-refractivity contribution in [2.24, 2.45) is 0 Å². The number of carbonyl (C=O) groups is 1. The van der Waals surface area contributed by atoms with Crippen LogP contribution in [-0.4, -0.2) is 10.9 Å². The molecule has 0 unspecified atom stereocenters. The molecular weight excluding hydrogens is 272 g/mol. The zero-order valence-corrected chi connectivity index (χ0v) is 11.7. The van der Waals surface area contributed by atoms with Crippen molar-refractivity contribution < 1.29 is 4.79 Å². The van der Waals surface area contributed by atoms with Crippen molar-refractivity contribution in [2.45, 2.75) is 6.92 Å². The number of amides is 1. The van der Waals surface area contributed by atoms with E-state index in [4.69, 9.17) is 11.6 Å². The van der Waals surface area contributed by atoms with Crippen LogP contribution >= 0.6 is 11.6 Å². The molecule has 1 heterocycles. The van der Waals surface area contributed by atoms with Crippen LogP contribution in [0.4, 0.5) is 5.69 Å². The van der Waals surface area contributed by atoms with E-state index >= 15 is 0 Å². The van der Waals surface area contributed by atoms with Crippen LogP contribution < -0.4 is 5.32 Å². The molecule has 3 rings (SSSR count). The summed E-state index contributed by atoms with van der Waals surface area (Å²) in [4.78, 5) is 15.2. The van der Waals surface area contributed by atoms with Crippen molar-refractivity contribution in [3.63, 3.8) is 0 Å². The van der Waals surface area contributed by atoms with Gasteiger partial charge in [0, 0.05) is 21.6 Å². The van der Waals surface area contributed by atoms with Gasteiger partial charge in [-0.2, -0.15) is 0 Å². The smallest absolute Gasteiger partial charge is 0.272 e. The van der Waals surface area contributed by atoms with Crippen LogP contribution in [0.1, 0.15) is 16.1 Å². The lowest BCUT2D eigenvalue weighted by Crippen LogP contribution is -2.12. The van der Waals surface area contributed by atoms with Gasteiger partial charge in [-0.25, -0.2) is 0 Å². The van der Waals surface area contributed by atoms with E-state index in [1.165, 1.54) is 0 Å². The third kappa shape index (κ3) is 2.53. The van der Waals surface area contributed by atoms with Crippen LogP contribution in [0, 0.1) is 6.92 Å². The van der Waals surface area contributed by atoms with Gasteiger partial charge in [0.25, 0.3) is 5.91 Å². The second kappa shape index (κ2) is 5.02. The van der Waals surface area contributed by atoms with Crippen molar-refractivity contribution in [1.29, 1.82) is 0 Å². The second-order valence-electron chi connectivity index (χ2n) is 4.73. The second-order valence-corrected chi connectivity index (χ2v) is 5.17. The highest BCUT2D eigenvalue weighted by Crippen LogP contribution is 2.20. The van der Waals surface area contributed by atoms with Crippen molar-refractivity contribution in [3.05, 3.63) is 64.8 Å². The molecule has 0 aliphatic carbocycles. The van der Waals surface area contributed by atoms with Crippen molar-refractivity contribution in [1.82, 2.24) is 4.98 Å². The summed E-state index contributed by atoms with van der Waals surface area (Å²) in [6.45, 7) is 2.01. The van der Waals surface area contributed by atoms with Gasteiger partial charge in [0.05, 0.1) is 0 Å². The maximum atomic E-state index is 12.2. The van der Waals surface area contributed by atoms with E-state index in [1.807, 2.05) is 43.3 Å². The van der Waals surface area contributed by atoms with Crippen LogP contribution in [0.25, 0.3) is 10.9 Å². The number of rotatable bonds is 2. The standard InChI is InChI=1S/C16H13ClN2O/c1-10-2-6-13(7-3-10)18-16(20)15-8-11-4-5-12(17)9-14(11)19-15/h2-9,19H,1H3,(H,18,20). The van der Waals surface area contributed by atoms with Gasteiger partial charge in [-0.05, 0) is 37.3 Å². The quantitative estimate of drug-likeness (QED) is 0.720. The van der Waals surface area contributed by atoms with Crippen LogP contribution in [-0.2, 0) is 0 Å². The summed E-state index contributed by atoms with van der Waals surface area (Å²) in [7, 11) is 0. The Hall–Kier alpha value is -2.26. The molecule has 1 aromatic heterocycles. The Bertz CT molecular complexity index is 775. The first kappa shape index (κ1) is 12.8. The van der Waals surface area contributed by atoms with E-state index in [9.17, 15) is 4.79 Å². The van der Waals surface area contributed by atoms with Crippen LogP contribution in [0.2, 0.25) is 5.02 Å². The number of benzene rings is 2. The Balaban J connectivity index is 1.86. The molecule has 0 atom stereocenters. The lowest BCUT2D eigenvalue weighted by molar-refractivity contribution is 0.102. The lowest BCUT2D eigenvalue weighted by atomic mass is 10.2. The Morgan fingerprint density at radius 2 is 1.85 bits per heavy atom. The van der Waals surface area contributed by atoms with Crippen LogP contribution in [0.5, 0.6) is 0 Å². The van der Waals surface area contributed by atoms with Crippen molar-refractivity contribution >= 4 is 34.1 Å². The van der Waals surface area contributed by atoms with Gasteiger partial charge >= 0.3 is 0 Å². The summed E-state index contributed by atoms with van der Waals surface area (Å²) in [5.74, 6) is -0.166. The Labute approximate surface area is 121 Å². The Morgan fingerprint density at radius 3 is 2.60 bits per heavy atom. The number of fused-ring (bicyclic) bond motifs is 1. The van der Waals surface area contributed by atoms with Gasteiger partial charge in [0.2, 0.25) is 0 Å². The molecule has 0 fully saturated rings. The zero-order chi connectivity index (χ0) is 14.1. The maximum absolute atomic E-state index is 12.2. The highest BCUT2D eigenvalue weighted by molar-refractivity contribution is 6.31. The first-order valence-electron chi connectivity index (χ1n) is 6.28. The van der Waals surface area contributed by atoms with E-state index in [2.05, 4.69) is 10.3 Å². The van der Waals surface area contributed by atoms with Gasteiger partial charge in [0.15, 0.2) is 0 Å². The van der Waals surface area contributed by atoms with E-state index < -0.39 is 0 Å². The number of nitrogens with one attached hydrogen (secondary N) is 2. The molecule has 4 heteroatoms. The summed E-state index contributed by atoms with van der Waals surface area (Å²) in [5.41, 5.74) is 3.30. The molecule has 3 aromatic rings. The molecule has 1 amide bonds. The minimum atomic E-state index is -0.166. The van der Waals surface area contributed by atoms with Gasteiger partial charge < -0.3 is 10.3 Å². The zero-order valence-electron chi connectivity index (χ0n) is 10.9. The summed E-state index contributed by atoms with van der Waals surface area (Å²) >= 11 is 5.93. The molecule has 0 spiro atoms. The van der Waals surface area contributed by atoms with Crippen LogP contribution in [0.3, 0.4) is 0 Å². The first-order valence-corrected chi connectivity index (χ1v) is 6.66. The van der Waals surface area contributed by atoms with E-state index in [1.54, 1.807) is 12.1 Å². The normalized spacial score (nSPS) is 10.7.